The first-order valence-electron chi connectivity index (χ1n) is 8.45. The third kappa shape index (κ3) is 11.4. The minimum Gasteiger partial charge on any atom is 0 e. The maximum absolute atomic E-state index is 7.50. The van der Waals surface area contributed by atoms with Crippen LogP contribution in [-0.2, 0) is 40.6 Å². The van der Waals surface area contributed by atoms with Gasteiger partial charge in [0.25, 0.3) is 0 Å². The van der Waals surface area contributed by atoms with E-state index in [2.05, 4.69) is 146 Å². The third-order valence-electron chi connectivity index (χ3n) is 3.97. The molecule has 2 aromatic carbocycles. The zero-order valence-electron chi connectivity index (χ0n) is 18.6. The summed E-state index contributed by atoms with van der Waals surface area (Å²) in [6.45, 7) is 34.5. The molecule has 0 atom stereocenters. The smallest absolute Gasteiger partial charge is 0 e. The number of benzene rings is 2. The monoisotopic (exact) mass is 624 g/mol. The van der Waals surface area contributed by atoms with Crippen molar-refractivity contribution < 1.29 is 40.6 Å². The van der Waals surface area contributed by atoms with Gasteiger partial charge in [0.2, 0.25) is 6.67 Å². The molecule has 3 rings (SSSR count). The summed E-state index contributed by atoms with van der Waals surface area (Å²) in [5.41, 5.74) is 7.25. The summed E-state index contributed by atoms with van der Waals surface area (Å²) >= 11 is 7.12. The Morgan fingerprint density at radius 2 is 0.765 bits per heavy atom. The summed E-state index contributed by atoms with van der Waals surface area (Å²) < 4.78 is 39.7. The van der Waals surface area contributed by atoms with Crippen molar-refractivity contribution >= 4 is 43.2 Å². The average molecular weight is 626 g/mol. The molecule has 7 nitrogen and oxygen atoms in total. The molecule has 0 spiro atoms. The number of halogens is 2. The number of nitrogens with zero attached hydrogens (tertiary/aromatic N) is 2. The van der Waals surface area contributed by atoms with Crippen LogP contribution in [0, 0.1) is 67.6 Å². The first kappa shape index (κ1) is 39.2. The fourth-order valence-corrected chi connectivity index (χ4v) is 4.50. The van der Waals surface area contributed by atoms with Gasteiger partial charge in [0.05, 0.1) is 0 Å². The van der Waals surface area contributed by atoms with E-state index in [-0.39, 0.29) is 17.4 Å². The van der Waals surface area contributed by atoms with Crippen LogP contribution in [0.25, 0.3) is 0 Å². The summed E-state index contributed by atoms with van der Waals surface area (Å²) in [5.74, 6) is 0. The van der Waals surface area contributed by atoms with E-state index in [4.69, 9.17) is 23.3 Å². The minimum atomic E-state index is 0. The largest absolute Gasteiger partial charge is 0 e. The third-order valence-corrected chi connectivity index (χ3v) is 4.89. The van der Waals surface area contributed by atoms with Gasteiger partial charge in [0.15, 0.2) is 0 Å². The maximum atomic E-state index is 7.50. The topological polar surface area (TPSA) is 106 Å². The van der Waals surface area contributed by atoms with Crippen LogP contribution in [0.4, 0.5) is 11.4 Å². The van der Waals surface area contributed by atoms with E-state index < -0.39 is 0 Å². The molecule has 0 fully saturated rings. The van der Waals surface area contributed by atoms with E-state index in [9.17, 15) is 0 Å². The van der Waals surface area contributed by atoms with Gasteiger partial charge in [-0.3, -0.25) is 0 Å². The van der Waals surface area contributed by atoms with Crippen LogP contribution in [0.3, 0.4) is 0 Å². The normalized spacial score (nSPS) is 9.76. The molecule has 0 saturated carbocycles. The standard InChI is InChI=1S/C19H18Br2N2.5CO.Cr/c1-12-7-16(20)8-13(2)18(12)22-5-6-23(11-22)19-14(3)9-17(21)10-15(19)4;5*1-2;/h5-10H,1-4H3;;;;;;. The number of rotatable bonds is 2. The van der Waals surface area contributed by atoms with Gasteiger partial charge in [-0.25, -0.2) is 0 Å². The summed E-state index contributed by atoms with van der Waals surface area (Å²) in [4.78, 5) is 4.13. The second-order valence-corrected chi connectivity index (χ2v) is 7.75. The molecule has 2 aromatic rings. The van der Waals surface area contributed by atoms with E-state index in [1.54, 1.807) is 0 Å². The van der Waals surface area contributed by atoms with Crippen LogP contribution in [-0.4, -0.2) is 0 Å². The van der Waals surface area contributed by atoms with E-state index in [1.807, 2.05) is 0 Å². The predicted octanol–water partition coefficient (Wildman–Crippen LogP) is 6.05. The number of hydrogen-bond acceptors (Lipinski definition) is 2. The van der Waals surface area contributed by atoms with Crippen molar-refractivity contribution in [1.82, 2.24) is 0 Å². The molecule has 1 aliphatic rings. The van der Waals surface area contributed by atoms with Crippen molar-refractivity contribution in [3.8, 4) is 0 Å². The molecular weight excluding hydrogens is 608 g/mol. The predicted molar refractivity (Wildman–Crippen MR) is 124 cm³/mol. The Labute approximate surface area is 228 Å². The van der Waals surface area contributed by atoms with Gasteiger partial charge >= 0.3 is 56.5 Å². The van der Waals surface area contributed by atoms with Crippen molar-refractivity contribution in [3.63, 3.8) is 0 Å². The Hall–Kier alpha value is -2.03. The zero-order chi connectivity index (χ0) is 26.7. The van der Waals surface area contributed by atoms with Gasteiger partial charge in [0, 0.05) is 50.1 Å². The van der Waals surface area contributed by atoms with Gasteiger partial charge in [-0.15, -0.1) is 0 Å². The first-order chi connectivity index (χ1) is 15.9. The summed E-state index contributed by atoms with van der Waals surface area (Å²) in [5, 5.41) is 0. The summed E-state index contributed by atoms with van der Waals surface area (Å²) in [7, 11) is 0. The Morgan fingerprint density at radius 3 is 0.971 bits per heavy atom. The molecule has 0 N–H and O–H groups in total. The molecule has 0 aromatic heterocycles. The molecule has 0 saturated heterocycles. The van der Waals surface area contributed by atoms with Gasteiger partial charge in [-0.1, -0.05) is 31.9 Å². The van der Waals surface area contributed by atoms with Gasteiger partial charge in [-0.05, 0) is 74.2 Å². The summed E-state index contributed by atoms with van der Waals surface area (Å²) in [6.07, 6.45) is 4.12. The second-order valence-electron chi connectivity index (χ2n) is 5.91. The van der Waals surface area contributed by atoms with Crippen LogP contribution in [0.5, 0.6) is 0 Å². The average Bonchev–Trinajstić information content (AvgIpc) is 3.28. The van der Waals surface area contributed by atoms with E-state index in [1.165, 1.54) is 33.6 Å². The zero-order valence-corrected chi connectivity index (χ0v) is 23.0. The molecule has 0 amide bonds. The fraction of sp³-hybridized carbons (Fsp3) is 0.167. The molecule has 0 bridgehead atoms. The fourth-order valence-electron chi connectivity index (χ4n) is 3.13. The quantitative estimate of drug-likeness (QED) is 0.299. The Kier molecular flexibility index (Phi) is 26.2. The van der Waals surface area contributed by atoms with Crippen LogP contribution >= 0.6 is 31.9 Å². The molecule has 34 heavy (non-hydrogen) atoms. The first-order valence-corrected chi connectivity index (χ1v) is 10.0. The van der Waals surface area contributed by atoms with Crippen molar-refractivity contribution in [2.75, 3.05) is 9.80 Å². The maximum Gasteiger partial charge on any atom is 0 e. The minimum absolute atomic E-state index is 0. The molecule has 174 valence electrons. The summed E-state index contributed by atoms with van der Waals surface area (Å²) in [6, 6.07) is 8.54. The molecule has 2 radical (unpaired) electrons. The van der Waals surface area contributed by atoms with Crippen molar-refractivity contribution in [2.45, 2.75) is 27.7 Å². The van der Waals surface area contributed by atoms with Crippen LogP contribution in [0.2, 0.25) is 0 Å². The van der Waals surface area contributed by atoms with Crippen LogP contribution in [0.1, 0.15) is 22.3 Å². The molecule has 10 heteroatoms. The Bertz CT molecular complexity index is 884. The Balaban J connectivity index is -0.000000364. The van der Waals surface area contributed by atoms with Crippen molar-refractivity contribution in [3.05, 3.63) is 108 Å². The molecular formula is C24H18Br2CrN2O5. The van der Waals surface area contributed by atoms with Gasteiger partial charge in [0.1, 0.15) is 0 Å². The van der Waals surface area contributed by atoms with E-state index in [0.29, 0.717) is 0 Å². The molecule has 1 heterocycles. The molecule has 0 aliphatic carbocycles. The number of anilines is 2. The second kappa shape index (κ2) is 22.7. The van der Waals surface area contributed by atoms with Gasteiger partial charge < -0.3 is 9.80 Å². The molecule has 0 unspecified atom stereocenters. The SMILES string of the molecule is Cc1cc(Br)cc(C)c1N1[C]N(c2c(C)cc(Br)cc2C)C=C1.[C-]#[O+].[C-]#[O+].[C-]#[O+].[C-]#[O+].[C-]#[O+].[Cr]. The van der Waals surface area contributed by atoms with Crippen molar-refractivity contribution in [2.24, 2.45) is 0 Å². The Morgan fingerprint density at radius 1 is 0.559 bits per heavy atom. The van der Waals surface area contributed by atoms with Crippen molar-refractivity contribution in [1.29, 1.82) is 0 Å². The van der Waals surface area contributed by atoms with Crippen LogP contribution in [0.15, 0.2) is 45.6 Å². The van der Waals surface area contributed by atoms with Gasteiger partial charge in [-0.2, -0.15) is 0 Å². The van der Waals surface area contributed by atoms with Crippen LogP contribution < -0.4 is 9.80 Å². The number of aryl methyl sites for hydroxylation is 4. The van der Waals surface area contributed by atoms with E-state index >= 15 is 0 Å². The van der Waals surface area contributed by atoms with E-state index in [0.717, 1.165) is 8.95 Å². The molecule has 1 aliphatic heterocycles. The number of hydrogen-bond donors (Lipinski definition) is 0.